The highest BCUT2D eigenvalue weighted by Crippen LogP contribution is 2.25. The number of nitrogens with zero attached hydrogens (tertiary/aromatic N) is 1. The lowest BCUT2D eigenvalue weighted by Crippen LogP contribution is -2.10. The van der Waals surface area contributed by atoms with E-state index in [0.717, 1.165) is 27.3 Å². The van der Waals surface area contributed by atoms with Crippen LogP contribution in [0.15, 0.2) is 40.9 Å². The fraction of sp³-hybridized carbons (Fsp3) is 0.250. The van der Waals surface area contributed by atoms with Crippen LogP contribution in [0.1, 0.15) is 11.1 Å². The molecule has 4 heteroatoms. The Bertz CT molecular complexity index is 611. The van der Waals surface area contributed by atoms with Crippen molar-refractivity contribution in [1.29, 1.82) is 0 Å². The van der Waals surface area contributed by atoms with E-state index in [1.807, 2.05) is 12.1 Å². The van der Waals surface area contributed by atoms with Crippen molar-refractivity contribution in [3.63, 3.8) is 0 Å². The van der Waals surface area contributed by atoms with Crippen molar-refractivity contribution in [1.82, 2.24) is 0 Å². The number of rotatable bonds is 4. The zero-order valence-electron chi connectivity index (χ0n) is 11.9. The van der Waals surface area contributed by atoms with Crippen LogP contribution >= 0.6 is 27.5 Å². The van der Waals surface area contributed by atoms with Gasteiger partial charge in [0, 0.05) is 36.5 Å². The lowest BCUT2D eigenvalue weighted by molar-refractivity contribution is 1.10. The Hall–Kier alpha value is -1.19. The molecule has 0 bridgehead atoms. The van der Waals surface area contributed by atoms with Crippen LogP contribution in [0.25, 0.3) is 0 Å². The zero-order chi connectivity index (χ0) is 14.7. The average Bonchev–Trinajstić information content (AvgIpc) is 2.41. The van der Waals surface area contributed by atoms with Crippen LogP contribution in [0.2, 0.25) is 5.02 Å². The predicted octanol–water partition coefficient (Wildman–Crippen LogP) is 5.09. The van der Waals surface area contributed by atoms with E-state index in [0.29, 0.717) is 0 Å². The Labute approximate surface area is 133 Å². The minimum atomic E-state index is 0.738. The van der Waals surface area contributed by atoms with Gasteiger partial charge in [0.25, 0.3) is 0 Å². The highest BCUT2D eigenvalue weighted by molar-refractivity contribution is 9.10. The Morgan fingerprint density at radius 3 is 2.55 bits per heavy atom. The van der Waals surface area contributed by atoms with Crippen LogP contribution in [0, 0.1) is 6.92 Å². The van der Waals surface area contributed by atoms with Crippen LogP contribution in [0.4, 0.5) is 11.4 Å². The normalized spacial score (nSPS) is 10.4. The molecule has 0 fully saturated rings. The highest BCUT2D eigenvalue weighted by atomic mass is 79.9. The van der Waals surface area contributed by atoms with Crippen LogP contribution in [-0.2, 0) is 6.54 Å². The molecule has 2 aromatic carbocycles. The van der Waals surface area contributed by atoms with Crippen molar-refractivity contribution in [3.05, 3.63) is 57.0 Å². The first kappa shape index (κ1) is 15.2. The van der Waals surface area contributed by atoms with Gasteiger partial charge < -0.3 is 10.2 Å². The van der Waals surface area contributed by atoms with Gasteiger partial charge in [-0.3, -0.25) is 0 Å². The van der Waals surface area contributed by atoms with Crippen molar-refractivity contribution < 1.29 is 0 Å². The van der Waals surface area contributed by atoms with Crippen LogP contribution in [0.5, 0.6) is 0 Å². The molecule has 0 saturated heterocycles. The largest absolute Gasteiger partial charge is 0.381 e. The molecule has 1 N–H and O–H groups in total. The predicted molar refractivity (Wildman–Crippen MR) is 92.0 cm³/mol. The third-order valence-corrected chi connectivity index (χ3v) is 4.40. The second-order valence-electron chi connectivity index (χ2n) is 5.00. The maximum absolute atomic E-state index is 6.10. The van der Waals surface area contributed by atoms with E-state index in [1.165, 1.54) is 11.3 Å². The fourth-order valence-electron chi connectivity index (χ4n) is 2.05. The van der Waals surface area contributed by atoms with Gasteiger partial charge in [-0.1, -0.05) is 23.7 Å². The first-order valence-corrected chi connectivity index (χ1v) is 7.60. The molecule has 0 aliphatic carbocycles. The average molecular weight is 354 g/mol. The van der Waals surface area contributed by atoms with Gasteiger partial charge in [0.15, 0.2) is 0 Å². The maximum atomic E-state index is 6.10. The lowest BCUT2D eigenvalue weighted by atomic mass is 10.1. The van der Waals surface area contributed by atoms with Crippen LogP contribution in [0.3, 0.4) is 0 Å². The SMILES string of the molecule is Cc1ccc(NCc2ccc(Br)c(Cl)c2)cc1N(C)C. The molecule has 2 aromatic rings. The van der Waals surface area contributed by atoms with Gasteiger partial charge in [0.2, 0.25) is 0 Å². The second-order valence-corrected chi connectivity index (χ2v) is 6.26. The Morgan fingerprint density at radius 1 is 1.15 bits per heavy atom. The Morgan fingerprint density at radius 2 is 1.90 bits per heavy atom. The van der Waals surface area contributed by atoms with E-state index >= 15 is 0 Å². The van der Waals surface area contributed by atoms with E-state index in [2.05, 4.69) is 71.4 Å². The van der Waals surface area contributed by atoms with E-state index in [4.69, 9.17) is 11.6 Å². The summed E-state index contributed by atoms with van der Waals surface area (Å²) in [6.07, 6.45) is 0. The monoisotopic (exact) mass is 352 g/mol. The summed E-state index contributed by atoms with van der Waals surface area (Å²) in [6.45, 7) is 2.87. The van der Waals surface area contributed by atoms with Gasteiger partial charge in [-0.2, -0.15) is 0 Å². The number of hydrogen-bond donors (Lipinski definition) is 1. The molecule has 0 amide bonds. The standard InChI is InChI=1S/C16H18BrClN2/c1-11-4-6-13(9-16(11)20(2)3)19-10-12-5-7-14(17)15(18)8-12/h4-9,19H,10H2,1-3H3. The third kappa shape index (κ3) is 3.68. The van der Waals surface area contributed by atoms with Crippen molar-refractivity contribution >= 4 is 38.9 Å². The zero-order valence-corrected chi connectivity index (χ0v) is 14.2. The Kier molecular flexibility index (Phi) is 4.95. The van der Waals surface area contributed by atoms with Gasteiger partial charge in [-0.25, -0.2) is 0 Å². The van der Waals surface area contributed by atoms with Gasteiger partial charge in [-0.15, -0.1) is 0 Å². The summed E-state index contributed by atoms with van der Waals surface area (Å²) in [5.41, 5.74) is 4.76. The van der Waals surface area contributed by atoms with Crippen molar-refractivity contribution in [2.24, 2.45) is 0 Å². The molecule has 0 radical (unpaired) electrons. The summed E-state index contributed by atoms with van der Waals surface area (Å²) < 4.78 is 0.924. The highest BCUT2D eigenvalue weighted by Gasteiger charge is 2.03. The van der Waals surface area contributed by atoms with E-state index in [9.17, 15) is 0 Å². The summed E-state index contributed by atoms with van der Waals surface area (Å²) in [5.74, 6) is 0. The number of hydrogen-bond acceptors (Lipinski definition) is 2. The quantitative estimate of drug-likeness (QED) is 0.823. The van der Waals surface area contributed by atoms with E-state index < -0.39 is 0 Å². The van der Waals surface area contributed by atoms with Crippen molar-refractivity contribution in [2.75, 3.05) is 24.3 Å². The van der Waals surface area contributed by atoms with Gasteiger partial charge in [0.05, 0.1) is 5.02 Å². The summed E-state index contributed by atoms with van der Waals surface area (Å²) in [5, 5.41) is 4.17. The van der Waals surface area contributed by atoms with Gasteiger partial charge >= 0.3 is 0 Å². The van der Waals surface area contributed by atoms with Crippen LogP contribution < -0.4 is 10.2 Å². The molecule has 2 nitrogen and oxygen atoms in total. The molecule has 0 spiro atoms. The molecule has 106 valence electrons. The Balaban J connectivity index is 2.10. The molecule has 0 unspecified atom stereocenters. The molecule has 0 aromatic heterocycles. The summed E-state index contributed by atoms with van der Waals surface area (Å²) in [6, 6.07) is 12.4. The minimum absolute atomic E-state index is 0.738. The second kappa shape index (κ2) is 6.51. The smallest absolute Gasteiger partial charge is 0.0551 e. The third-order valence-electron chi connectivity index (χ3n) is 3.17. The van der Waals surface area contributed by atoms with Gasteiger partial charge in [0.1, 0.15) is 0 Å². The van der Waals surface area contributed by atoms with Gasteiger partial charge in [-0.05, 0) is 58.2 Å². The first-order chi connectivity index (χ1) is 9.47. The lowest BCUT2D eigenvalue weighted by Gasteiger charge is -2.17. The summed E-state index contributed by atoms with van der Waals surface area (Å²) >= 11 is 9.50. The topological polar surface area (TPSA) is 15.3 Å². The molecule has 0 aliphatic heterocycles. The van der Waals surface area contributed by atoms with Crippen molar-refractivity contribution in [3.8, 4) is 0 Å². The number of aryl methyl sites for hydroxylation is 1. The summed E-state index contributed by atoms with van der Waals surface area (Å²) in [7, 11) is 4.11. The molecule has 0 saturated carbocycles. The summed E-state index contributed by atoms with van der Waals surface area (Å²) in [4.78, 5) is 2.12. The number of halogens is 2. The molecule has 2 rings (SSSR count). The fourth-order valence-corrected chi connectivity index (χ4v) is 2.50. The van der Waals surface area contributed by atoms with E-state index in [-0.39, 0.29) is 0 Å². The van der Waals surface area contributed by atoms with Crippen molar-refractivity contribution in [2.45, 2.75) is 13.5 Å². The minimum Gasteiger partial charge on any atom is -0.381 e. The number of nitrogens with one attached hydrogen (secondary N) is 1. The first-order valence-electron chi connectivity index (χ1n) is 6.43. The van der Waals surface area contributed by atoms with E-state index in [1.54, 1.807) is 0 Å². The molecule has 0 atom stereocenters. The number of benzene rings is 2. The number of anilines is 2. The molecule has 0 heterocycles. The molecular formula is C16H18BrClN2. The molecule has 20 heavy (non-hydrogen) atoms. The molecular weight excluding hydrogens is 336 g/mol. The van der Waals surface area contributed by atoms with Crippen LogP contribution in [-0.4, -0.2) is 14.1 Å². The maximum Gasteiger partial charge on any atom is 0.0551 e. The molecule has 0 aliphatic rings.